The highest BCUT2D eigenvalue weighted by Gasteiger charge is 2.16. The summed E-state index contributed by atoms with van der Waals surface area (Å²) in [5, 5.41) is 3.82. The molecule has 2 heterocycles. The smallest absolute Gasteiger partial charge is 0.124 e. The van der Waals surface area contributed by atoms with Gasteiger partial charge in [-0.2, -0.15) is 0 Å². The second-order valence-corrected chi connectivity index (χ2v) is 5.21. The highest BCUT2D eigenvalue weighted by molar-refractivity contribution is 5.46. The lowest BCUT2D eigenvalue weighted by Crippen LogP contribution is -2.47. The Hall–Kier alpha value is -1.85. The van der Waals surface area contributed by atoms with E-state index >= 15 is 0 Å². The molecule has 0 spiro atoms. The van der Waals surface area contributed by atoms with E-state index in [-0.39, 0.29) is 0 Å². The number of piperazine rings is 1. The first kappa shape index (κ1) is 25.1. The molecular weight excluding hydrogens is 338 g/mol. The number of anilines is 1. The summed E-state index contributed by atoms with van der Waals surface area (Å²) in [5.74, 6) is 0. The predicted octanol–water partition coefficient (Wildman–Crippen LogP) is 5.09. The van der Waals surface area contributed by atoms with Gasteiger partial charge in [0.2, 0.25) is 0 Å². The van der Waals surface area contributed by atoms with Crippen molar-refractivity contribution in [3.63, 3.8) is 0 Å². The molecule has 5 heteroatoms. The first-order chi connectivity index (χ1) is 13.4. The van der Waals surface area contributed by atoms with Crippen molar-refractivity contribution in [3.8, 4) is 0 Å². The average Bonchev–Trinajstić information content (AvgIpc) is 3.30. The molecule has 2 aromatic rings. The quantitative estimate of drug-likeness (QED) is 0.656. The lowest BCUT2D eigenvalue weighted by Gasteiger charge is -2.36. The summed E-state index contributed by atoms with van der Waals surface area (Å²) in [7, 11) is 0. The van der Waals surface area contributed by atoms with Gasteiger partial charge in [0.15, 0.2) is 0 Å². The molecule has 1 saturated heterocycles. The van der Waals surface area contributed by atoms with Gasteiger partial charge in [0.1, 0.15) is 12.0 Å². The van der Waals surface area contributed by atoms with E-state index in [9.17, 15) is 0 Å². The molecule has 0 radical (unpaired) electrons. The Morgan fingerprint density at radius 1 is 0.889 bits per heavy atom. The number of benzene rings is 1. The van der Waals surface area contributed by atoms with Gasteiger partial charge in [-0.15, -0.1) is 0 Å². The summed E-state index contributed by atoms with van der Waals surface area (Å²) >= 11 is 0. The maximum Gasteiger partial charge on any atom is 0.124 e. The molecule has 1 aliphatic rings. The summed E-state index contributed by atoms with van der Waals surface area (Å²) in [6, 6.07) is 12.4. The van der Waals surface area contributed by atoms with E-state index in [2.05, 4.69) is 45.3 Å². The number of hydrogen-bond acceptors (Lipinski definition) is 5. The van der Waals surface area contributed by atoms with E-state index in [1.807, 2.05) is 47.6 Å². The fraction of sp³-hybridized carbons (Fsp3) is 0.591. The molecule has 3 rings (SSSR count). The van der Waals surface area contributed by atoms with Gasteiger partial charge in [-0.25, -0.2) is 0 Å². The molecule has 0 atom stereocenters. The van der Waals surface area contributed by atoms with Crippen LogP contribution in [0, 0.1) is 0 Å². The normalized spacial score (nSPS) is 13.3. The number of nitrogens with zero attached hydrogens (tertiary/aromatic N) is 3. The maximum atomic E-state index is 5.61. The van der Waals surface area contributed by atoms with Crippen LogP contribution >= 0.6 is 0 Å². The van der Waals surface area contributed by atoms with Gasteiger partial charge in [0.25, 0.3) is 0 Å². The van der Waals surface area contributed by atoms with Crippen LogP contribution in [-0.4, -0.2) is 49.4 Å². The summed E-state index contributed by atoms with van der Waals surface area (Å²) in [4.78, 5) is 4.88. The number of ether oxygens (including phenoxy) is 1. The van der Waals surface area contributed by atoms with Crippen LogP contribution in [0.5, 0.6) is 0 Å². The second-order valence-electron chi connectivity index (χ2n) is 5.21. The summed E-state index contributed by atoms with van der Waals surface area (Å²) in [6.07, 6.45) is 1.57. The zero-order valence-electron chi connectivity index (χ0n) is 18.1. The molecule has 27 heavy (non-hydrogen) atoms. The lowest BCUT2D eigenvalue weighted by molar-refractivity contribution is 0.0871. The summed E-state index contributed by atoms with van der Waals surface area (Å²) in [6.45, 7) is 18.6. The molecule has 1 aromatic heterocycles. The van der Waals surface area contributed by atoms with Gasteiger partial charge in [0.05, 0.1) is 13.2 Å². The van der Waals surface area contributed by atoms with E-state index in [1.54, 1.807) is 6.26 Å². The predicted molar refractivity (Wildman–Crippen MR) is 115 cm³/mol. The van der Waals surface area contributed by atoms with Gasteiger partial charge < -0.3 is 14.2 Å². The first-order valence-electron chi connectivity index (χ1n) is 10.4. The Morgan fingerprint density at radius 2 is 1.52 bits per heavy atom. The molecule has 0 unspecified atom stereocenters. The topological polar surface area (TPSA) is 41.7 Å². The third kappa shape index (κ3) is 10.2. The van der Waals surface area contributed by atoms with Crippen molar-refractivity contribution in [1.29, 1.82) is 0 Å². The Labute approximate surface area is 166 Å². The molecule has 0 aliphatic carbocycles. The van der Waals surface area contributed by atoms with Gasteiger partial charge in [-0.05, 0) is 12.1 Å². The van der Waals surface area contributed by atoms with Crippen molar-refractivity contribution in [2.75, 3.05) is 44.2 Å². The minimum atomic E-state index is 0.528. The lowest BCUT2D eigenvalue weighted by atomic mass is 10.2. The number of hydrogen-bond donors (Lipinski definition) is 0. The molecule has 1 aliphatic heterocycles. The van der Waals surface area contributed by atoms with Crippen LogP contribution in [0.15, 0.2) is 47.2 Å². The molecular formula is C22H39N3O2. The van der Waals surface area contributed by atoms with Crippen LogP contribution in [0.3, 0.4) is 0 Å². The highest BCUT2D eigenvalue weighted by Crippen LogP contribution is 2.15. The second kappa shape index (κ2) is 17.6. The Balaban J connectivity index is 0.00000103. The number of rotatable bonds is 6. The maximum absolute atomic E-state index is 5.61. The van der Waals surface area contributed by atoms with Crippen LogP contribution in [0.2, 0.25) is 0 Å². The molecule has 0 N–H and O–H groups in total. The van der Waals surface area contributed by atoms with Crippen LogP contribution in [0.25, 0.3) is 0 Å². The van der Waals surface area contributed by atoms with Crippen molar-refractivity contribution >= 4 is 5.69 Å². The van der Waals surface area contributed by atoms with Crippen LogP contribution in [-0.2, 0) is 11.3 Å². The molecule has 5 nitrogen and oxygen atoms in total. The minimum Gasteiger partial charge on any atom is -0.374 e. The van der Waals surface area contributed by atoms with E-state index < -0.39 is 0 Å². The van der Waals surface area contributed by atoms with Crippen LogP contribution in [0.1, 0.15) is 47.2 Å². The average molecular weight is 378 g/mol. The van der Waals surface area contributed by atoms with E-state index in [0.29, 0.717) is 6.61 Å². The van der Waals surface area contributed by atoms with Crippen molar-refractivity contribution < 1.29 is 9.26 Å². The Morgan fingerprint density at radius 3 is 2.07 bits per heavy atom. The standard InChI is InChI=1S/C16H21N3O2.3C2H6/c1-2-4-16(5-3-1)19-9-7-18(8-10-19)11-13-20-14-15-6-12-21-17-15;3*1-2/h1-6,12H,7-11,13-14H2;3*1-2H3. The first-order valence-corrected chi connectivity index (χ1v) is 10.4. The van der Waals surface area contributed by atoms with Gasteiger partial charge in [-0.3, -0.25) is 4.90 Å². The van der Waals surface area contributed by atoms with Crippen molar-refractivity contribution in [2.24, 2.45) is 0 Å². The largest absolute Gasteiger partial charge is 0.374 e. The Bertz CT molecular complexity index is 510. The molecule has 1 fully saturated rings. The van der Waals surface area contributed by atoms with Gasteiger partial charge >= 0.3 is 0 Å². The zero-order chi connectivity index (χ0) is 20.3. The third-order valence-corrected chi connectivity index (χ3v) is 3.79. The molecule has 0 bridgehead atoms. The highest BCUT2D eigenvalue weighted by atomic mass is 16.5. The van der Waals surface area contributed by atoms with E-state index in [1.165, 1.54) is 5.69 Å². The van der Waals surface area contributed by atoms with Crippen LogP contribution < -0.4 is 4.90 Å². The molecule has 154 valence electrons. The summed E-state index contributed by atoms with van der Waals surface area (Å²) < 4.78 is 10.4. The van der Waals surface area contributed by atoms with Crippen molar-refractivity contribution in [1.82, 2.24) is 10.1 Å². The van der Waals surface area contributed by atoms with Gasteiger partial charge in [-0.1, -0.05) is 64.9 Å². The molecule has 0 amide bonds. The third-order valence-electron chi connectivity index (χ3n) is 3.79. The molecule has 1 aromatic carbocycles. The van der Waals surface area contributed by atoms with Crippen LogP contribution in [0.4, 0.5) is 5.69 Å². The Kier molecular flexibility index (Phi) is 16.4. The molecule has 0 saturated carbocycles. The SMILES string of the molecule is CC.CC.CC.c1ccc(N2CCN(CCOCc3ccon3)CC2)cc1. The minimum absolute atomic E-state index is 0.528. The summed E-state index contributed by atoms with van der Waals surface area (Å²) in [5.41, 5.74) is 2.17. The van der Waals surface area contributed by atoms with Crippen molar-refractivity contribution in [3.05, 3.63) is 48.4 Å². The fourth-order valence-corrected chi connectivity index (χ4v) is 2.55. The zero-order valence-corrected chi connectivity index (χ0v) is 18.1. The fourth-order valence-electron chi connectivity index (χ4n) is 2.55. The van der Waals surface area contributed by atoms with Crippen molar-refractivity contribution in [2.45, 2.75) is 48.1 Å². The number of aromatic nitrogens is 1. The van der Waals surface area contributed by atoms with Gasteiger partial charge in [0, 0.05) is 44.5 Å². The number of para-hydroxylation sites is 1. The van der Waals surface area contributed by atoms with E-state index in [0.717, 1.165) is 45.0 Å². The van der Waals surface area contributed by atoms with E-state index in [4.69, 9.17) is 9.26 Å². The monoisotopic (exact) mass is 377 g/mol.